The number of hydrogen-bond acceptors (Lipinski definition) is 1. The first-order chi connectivity index (χ1) is 5.37. The van der Waals surface area contributed by atoms with E-state index < -0.39 is 0 Å². The second-order valence-corrected chi connectivity index (χ2v) is 5.55. The van der Waals surface area contributed by atoms with Crippen molar-refractivity contribution in [3.63, 3.8) is 0 Å². The molecule has 0 saturated carbocycles. The van der Waals surface area contributed by atoms with E-state index in [2.05, 4.69) is 23.1 Å². The van der Waals surface area contributed by atoms with E-state index in [1.54, 1.807) is 4.90 Å². The third-order valence-corrected chi connectivity index (χ3v) is 1.72. The zero-order valence-electron chi connectivity index (χ0n) is 8.55. The molecule has 0 fully saturated rings. The maximum absolute atomic E-state index is 11.3. The Labute approximate surface area is 77.9 Å². The highest BCUT2D eigenvalue weighted by Crippen LogP contribution is 2.17. The standard InChI is InChI=1S/C9H20NOP/c1-5-6-8(11)10(4)7-9(2,3)12/h5-7,12H2,1-4H3. The first-order valence-electron chi connectivity index (χ1n) is 4.39. The van der Waals surface area contributed by atoms with Crippen LogP contribution in [0.3, 0.4) is 0 Å². The first-order valence-corrected chi connectivity index (χ1v) is 4.97. The van der Waals surface area contributed by atoms with Gasteiger partial charge in [0.2, 0.25) is 5.91 Å². The average molecular weight is 189 g/mol. The summed E-state index contributed by atoms with van der Waals surface area (Å²) < 4.78 is 0. The highest BCUT2D eigenvalue weighted by molar-refractivity contribution is 7.18. The molecular weight excluding hydrogens is 169 g/mol. The molecule has 1 amide bonds. The van der Waals surface area contributed by atoms with Crippen molar-refractivity contribution in [3.8, 4) is 0 Å². The van der Waals surface area contributed by atoms with Crippen LogP contribution in [0.15, 0.2) is 0 Å². The van der Waals surface area contributed by atoms with Gasteiger partial charge in [0.25, 0.3) is 0 Å². The number of amides is 1. The molecule has 1 atom stereocenters. The minimum Gasteiger partial charge on any atom is -0.345 e. The molecule has 0 aromatic heterocycles. The molecule has 0 aromatic rings. The van der Waals surface area contributed by atoms with E-state index in [9.17, 15) is 4.79 Å². The van der Waals surface area contributed by atoms with Crippen molar-refractivity contribution in [2.45, 2.75) is 38.8 Å². The van der Waals surface area contributed by atoms with Gasteiger partial charge >= 0.3 is 0 Å². The van der Waals surface area contributed by atoms with E-state index in [1.807, 2.05) is 14.0 Å². The fraction of sp³-hybridized carbons (Fsp3) is 0.889. The van der Waals surface area contributed by atoms with Gasteiger partial charge in [0.15, 0.2) is 0 Å². The zero-order valence-corrected chi connectivity index (χ0v) is 9.71. The van der Waals surface area contributed by atoms with E-state index in [0.29, 0.717) is 6.42 Å². The van der Waals surface area contributed by atoms with Gasteiger partial charge in [-0.05, 0) is 11.6 Å². The Morgan fingerprint density at radius 2 is 2.00 bits per heavy atom. The molecule has 0 aliphatic rings. The van der Waals surface area contributed by atoms with Crippen molar-refractivity contribution in [1.29, 1.82) is 0 Å². The van der Waals surface area contributed by atoms with Gasteiger partial charge < -0.3 is 4.90 Å². The fourth-order valence-corrected chi connectivity index (χ4v) is 1.38. The Balaban J connectivity index is 3.87. The highest BCUT2D eigenvalue weighted by Gasteiger charge is 2.16. The Morgan fingerprint density at radius 1 is 1.50 bits per heavy atom. The number of hydrogen-bond donors (Lipinski definition) is 0. The lowest BCUT2D eigenvalue weighted by Crippen LogP contribution is -2.36. The van der Waals surface area contributed by atoms with E-state index in [-0.39, 0.29) is 11.1 Å². The quantitative estimate of drug-likeness (QED) is 0.618. The number of nitrogens with zero attached hydrogens (tertiary/aromatic N) is 1. The molecule has 0 rings (SSSR count). The van der Waals surface area contributed by atoms with Crippen molar-refractivity contribution >= 4 is 15.1 Å². The third-order valence-electron chi connectivity index (χ3n) is 1.53. The van der Waals surface area contributed by atoms with Crippen molar-refractivity contribution in [3.05, 3.63) is 0 Å². The molecule has 72 valence electrons. The molecule has 0 aliphatic heterocycles. The minimum absolute atomic E-state index is 0.123. The third kappa shape index (κ3) is 5.54. The van der Waals surface area contributed by atoms with Crippen LogP contribution in [0.2, 0.25) is 0 Å². The molecule has 0 N–H and O–H groups in total. The van der Waals surface area contributed by atoms with Crippen LogP contribution in [0.1, 0.15) is 33.6 Å². The van der Waals surface area contributed by atoms with Crippen LogP contribution in [-0.2, 0) is 4.79 Å². The van der Waals surface area contributed by atoms with E-state index >= 15 is 0 Å². The lowest BCUT2D eigenvalue weighted by atomic mass is 10.2. The van der Waals surface area contributed by atoms with Crippen LogP contribution in [-0.4, -0.2) is 29.6 Å². The van der Waals surface area contributed by atoms with Gasteiger partial charge in [0, 0.05) is 20.0 Å². The van der Waals surface area contributed by atoms with Crippen LogP contribution in [0.5, 0.6) is 0 Å². The van der Waals surface area contributed by atoms with Gasteiger partial charge in [-0.3, -0.25) is 4.79 Å². The summed E-state index contributed by atoms with van der Waals surface area (Å²) in [4.78, 5) is 13.1. The number of rotatable bonds is 4. The van der Waals surface area contributed by atoms with Crippen molar-refractivity contribution in [2.75, 3.05) is 13.6 Å². The summed E-state index contributed by atoms with van der Waals surface area (Å²) in [6.07, 6.45) is 1.59. The molecule has 0 heterocycles. The van der Waals surface area contributed by atoms with Crippen molar-refractivity contribution in [1.82, 2.24) is 4.90 Å². The zero-order chi connectivity index (χ0) is 9.78. The topological polar surface area (TPSA) is 20.3 Å². The van der Waals surface area contributed by atoms with E-state index in [4.69, 9.17) is 0 Å². The van der Waals surface area contributed by atoms with Gasteiger partial charge in [-0.2, -0.15) is 0 Å². The molecular formula is C9H20NOP. The summed E-state index contributed by atoms with van der Waals surface area (Å²) in [5, 5.41) is 0.123. The molecule has 0 aromatic carbocycles. The van der Waals surface area contributed by atoms with Crippen LogP contribution in [0.4, 0.5) is 0 Å². The molecule has 12 heavy (non-hydrogen) atoms. The number of carbonyl (C=O) groups is 1. The molecule has 1 unspecified atom stereocenters. The Hall–Kier alpha value is -0.100. The van der Waals surface area contributed by atoms with Gasteiger partial charge in [-0.15, -0.1) is 9.24 Å². The predicted octanol–water partition coefficient (Wildman–Crippen LogP) is 1.90. The number of carbonyl (C=O) groups excluding carboxylic acids is 1. The summed E-state index contributed by atoms with van der Waals surface area (Å²) in [5.74, 6) is 0.244. The second-order valence-electron chi connectivity index (χ2n) is 3.99. The minimum atomic E-state index is 0.123. The van der Waals surface area contributed by atoms with Crippen LogP contribution in [0.25, 0.3) is 0 Å². The predicted molar refractivity (Wildman–Crippen MR) is 56.3 cm³/mol. The van der Waals surface area contributed by atoms with Crippen molar-refractivity contribution in [2.24, 2.45) is 0 Å². The molecule has 0 saturated heterocycles. The van der Waals surface area contributed by atoms with Crippen molar-refractivity contribution < 1.29 is 4.79 Å². The molecule has 3 heteroatoms. The molecule has 2 nitrogen and oxygen atoms in total. The normalized spacial score (nSPS) is 11.4. The maximum Gasteiger partial charge on any atom is 0.222 e. The van der Waals surface area contributed by atoms with Gasteiger partial charge in [0.05, 0.1) is 0 Å². The monoisotopic (exact) mass is 189 g/mol. The fourth-order valence-electron chi connectivity index (χ4n) is 1.10. The van der Waals surface area contributed by atoms with Gasteiger partial charge in [-0.25, -0.2) is 0 Å². The lowest BCUT2D eigenvalue weighted by molar-refractivity contribution is -0.130. The SMILES string of the molecule is CCCC(=O)N(C)CC(C)(C)P. The largest absolute Gasteiger partial charge is 0.345 e. The maximum atomic E-state index is 11.3. The van der Waals surface area contributed by atoms with Gasteiger partial charge in [-0.1, -0.05) is 20.8 Å². The van der Waals surface area contributed by atoms with Crippen LogP contribution in [0, 0.1) is 0 Å². The summed E-state index contributed by atoms with van der Waals surface area (Å²) >= 11 is 0. The molecule has 0 spiro atoms. The highest BCUT2D eigenvalue weighted by atomic mass is 31.0. The lowest BCUT2D eigenvalue weighted by Gasteiger charge is -2.26. The van der Waals surface area contributed by atoms with E-state index in [1.165, 1.54) is 0 Å². The smallest absolute Gasteiger partial charge is 0.222 e. The summed E-state index contributed by atoms with van der Waals surface area (Å²) in [6.45, 7) is 7.04. The Kier molecular flexibility index (Phi) is 4.77. The van der Waals surface area contributed by atoms with E-state index in [0.717, 1.165) is 13.0 Å². The summed E-state index contributed by atoms with van der Waals surface area (Å²) in [6, 6.07) is 0. The second kappa shape index (κ2) is 4.81. The first kappa shape index (κ1) is 11.9. The van der Waals surface area contributed by atoms with Crippen LogP contribution >= 0.6 is 9.24 Å². The van der Waals surface area contributed by atoms with Crippen LogP contribution < -0.4 is 0 Å². The molecule has 0 radical (unpaired) electrons. The Morgan fingerprint density at radius 3 is 2.33 bits per heavy atom. The average Bonchev–Trinajstić information content (AvgIpc) is 1.84. The summed E-state index contributed by atoms with van der Waals surface area (Å²) in [5.41, 5.74) is 0. The molecule has 0 aliphatic carbocycles. The van der Waals surface area contributed by atoms with Gasteiger partial charge in [0.1, 0.15) is 0 Å². The summed E-state index contributed by atoms with van der Waals surface area (Å²) in [7, 11) is 4.61. The Bertz CT molecular complexity index is 151. The molecule has 0 bridgehead atoms.